The van der Waals surface area contributed by atoms with Crippen molar-refractivity contribution >= 4 is 11.6 Å². The summed E-state index contributed by atoms with van der Waals surface area (Å²) in [5.41, 5.74) is 2.33. The number of halogens is 1. The molecule has 0 fully saturated rings. The van der Waals surface area contributed by atoms with Crippen LogP contribution in [0.25, 0.3) is 0 Å². The van der Waals surface area contributed by atoms with Crippen LogP contribution in [0.15, 0.2) is 36.4 Å². The summed E-state index contributed by atoms with van der Waals surface area (Å²) in [4.78, 5) is 0. The summed E-state index contributed by atoms with van der Waals surface area (Å²) in [6, 6.07) is 8.11. The van der Waals surface area contributed by atoms with Crippen LogP contribution < -0.4 is 0 Å². The average molecular weight is 195 g/mol. The standard InChI is InChI=1S/C11H11ClO/c1-13-11-7-6-10(12)8-4-2-3-5-9(8)11/h2-7,10-11H,1H3. The largest absolute Gasteiger partial charge is 0.373 e. The fourth-order valence-electron chi connectivity index (χ4n) is 1.63. The summed E-state index contributed by atoms with van der Waals surface area (Å²) in [5, 5.41) is -0.0115. The molecule has 1 aliphatic rings. The lowest BCUT2D eigenvalue weighted by Crippen LogP contribution is -2.07. The quantitative estimate of drug-likeness (QED) is 0.493. The van der Waals surface area contributed by atoms with Gasteiger partial charge >= 0.3 is 0 Å². The van der Waals surface area contributed by atoms with Crippen molar-refractivity contribution in [1.82, 2.24) is 0 Å². The summed E-state index contributed by atoms with van der Waals surface area (Å²) >= 11 is 6.13. The minimum Gasteiger partial charge on any atom is -0.373 e. The Morgan fingerprint density at radius 1 is 1.15 bits per heavy atom. The summed E-state index contributed by atoms with van der Waals surface area (Å²) in [6.07, 6.45) is 4.03. The molecule has 2 rings (SSSR count). The maximum atomic E-state index is 6.13. The van der Waals surface area contributed by atoms with E-state index in [1.54, 1.807) is 7.11 Å². The van der Waals surface area contributed by atoms with Crippen LogP contribution in [-0.4, -0.2) is 7.11 Å². The lowest BCUT2D eigenvalue weighted by molar-refractivity contribution is 0.140. The molecule has 2 heteroatoms. The van der Waals surface area contributed by atoms with Crippen molar-refractivity contribution in [2.45, 2.75) is 11.5 Å². The van der Waals surface area contributed by atoms with E-state index in [1.807, 2.05) is 30.4 Å². The molecule has 1 nitrogen and oxygen atoms in total. The van der Waals surface area contributed by atoms with Gasteiger partial charge in [0, 0.05) is 7.11 Å². The summed E-state index contributed by atoms with van der Waals surface area (Å²) in [5.74, 6) is 0. The van der Waals surface area contributed by atoms with Crippen molar-refractivity contribution in [1.29, 1.82) is 0 Å². The van der Waals surface area contributed by atoms with Crippen LogP contribution in [0.5, 0.6) is 0 Å². The fraction of sp³-hybridized carbons (Fsp3) is 0.273. The maximum Gasteiger partial charge on any atom is 0.101 e. The Bertz CT molecular complexity index is 333. The number of alkyl halides is 1. The molecule has 13 heavy (non-hydrogen) atoms. The normalized spacial score (nSPS) is 25.7. The second-order valence-corrected chi connectivity index (χ2v) is 3.54. The Hall–Kier alpha value is -0.790. The van der Waals surface area contributed by atoms with Crippen LogP contribution in [0.3, 0.4) is 0 Å². The van der Waals surface area contributed by atoms with Crippen LogP contribution in [0.1, 0.15) is 22.6 Å². The Kier molecular flexibility index (Phi) is 2.38. The molecule has 0 aromatic heterocycles. The first-order valence-corrected chi connectivity index (χ1v) is 4.70. The lowest BCUT2D eigenvalue weighted by Gasteiger charge is -2.22. The van der Waals surface area contributed by atoms with E-state index in [9.17, 15) is 0 Å². The third-order valence-electron chi connectivity index (χ3n) is 2.31. The molecular formula is C11H11ClO. The first-order valence-electron chi connectivity index (χ1n) is 4.27. The number of ether oxygens (including phenoxy) is 1. The average Bonchev–Trinajstić information content (AvgIpc) is 2.19. The molecule has 0 amide bonds. The molecule has 0 radical (unpaired) electrons. The summed E-state index contributed by atoms with van der Waals surface area (Å²) in [6.45, 7) is 0. The fourth-order valence-corrected chi connectivity index (χ4v) is 1.92. The van der Waals surface area contributed by atoms with Crippen molar-refractivity contribution in [2.75, 3.05) is 7.11 Å². The zero-order chi connectivity index (χ0) is 9.26. The molecule has 0 bridgehead atoms. The maximum absolute atomic E-state index is 6.13. The van der Waals surface area contributed by atoms with Gasteiger partial charge in [-0.15, -0.1) is 11.6 Å². The van der Waals surface area contributed by atoms with Crippen LogP contribution in [-0.2, 0) is 4.74 Å². The zero-order valence-corrected chi connectivity index (χ0v) is 8.16. The van der Waals surface area contributed by atoms with E-state index in [0.717, 1.165) is 5.56 Å². The molecule has 1 aromatic rings. The predicted molar refractivity (Wildman–Crippen MR) is 53.9 cm³/mol. The molecule has 0 spiro atoms. The molecule has 0 aliphatic heterocycles. The van der Waals surface area contributed by atoms with Crippen LogP contribution >= 0.6 is 11.6 Å². The molecule has 1 aromatic carbocycles. The number of hydrogen-bond acceptors (Lipinski definition) is 1. The molecule has 0 saturated carbocycles. The van der Waals surface area contributed by atoms with Gasteiger partial charge in [-0.25, -0.2) is 0 Å². The summed E-state index contributed by atoms with van der Waals surface area (Å²) < 4.78 is 5.32. The minimum atomic E-state index is -0.0115. The topological polar surface area (TPSA) is 9.23 Å². The number of allylic oxidation sites excluding steroid dienone is 1. The van der Waals surface area contributed by atoms with E-state index < -0.39 is 0 Å². The lowest BCUT2D eigenvalue weighted by atomic mass is 9.94. The van der Waals surface area contributed by atoms with Gasteiger partial charge in [0.05, 0.1) is 5.38 Å². The molecule has 2 atom stereocenters. The van der Waals surface area contributed by atoms with E-state index in [2.05, 4.69) is 6.07 Å². The zero-order valence-electron chi connectivity index (χ0n) is 7.41. The van der Waals surface area contributed by atoms with Gasteiger partial charge < -0.3 is 4.74 Å². The van der Waals surface area contributed by atoms with Crippen molar-refractivity contribution in [3.8, 4) is 0 Å². The molecule has 0 heterocycles. The molecule has 2 unspecified atom stereocenters. The van der Waals surface area contributed by atoms with E-state index >= 15 is 0 Å². The molecule has 0 saturated heterocycles. The third-order valence-corrected chi connectivity index (χ3v) is 2.69. The van der Waals surface area contributed by atoms with Gasteiger partial charge in [0.2, 0.25) is 0 Å². The number of rotatable bonds is 1. The van der Waals surface area contributed by atoms with Gasteiger partial charge in [-0.3, -0.25) is 0 Å². The van der Waals surface area contributed by atoms with Crippen molar-refractivity contribution < 1.29 is 4.74 Å². The first-order chi connectivity index (χ1) is 6.33. The molecule has 0 N–H and O–H groups in total. The Balaban J connectivity index is 2.48. The van der Waals surface area contributed by atoms with E-state index in [0.29, 0.717) is 0 Å². The highest BCUT2D eigenvalue weighted by atomic mass is 35.5. The highest BCUT2D eigenvalue weighted by Gasteiger charge is 2.19. The summed E-state index contributed by atoms with van der Waals surface area (Å²) in [7, 11) is 1.71. The Morgan fingerprint density at radius 3 is 2.54 bits per heavy atom. The number of hydrogen-bond donors (Lipinski definition) is 0. The van der Waals surface area contributed by atoms with E-state index in [4.69, 9.17) is 16.3 Å². The second-order valence-electron chi connectivity index (χ2n) is 3.07. The highest BCUT2D eigenvalue weighted by Crippen LogP contribution is 2.35. The van der Waals surface area contributed by atoms with Crippen LogP contribution in [0, 0.1) is 0 Å². The van der Waals surface area contributed by atoms with Crippen LogP contribution in [0.4, 0.5) is 0 Å². The van der Waals surface area contributed by atoms with Crippen molar-refractivity contribution in [3.63, 3.8) is 0 Å². The number of benzene rings is 1. The molecular weight excluding hydrogens is 184 g/mol. The van der Waals surface area contributed by atoms with Gasteiger partial charge in [0.1, 0.15) is 6.10 Å². The number of methoxy groups -OCH3 is 1. The second kappa shape index (κ2) is 3.52. The monoisotopic (exact) mass is 194 g/mol. The Labute approximate surface area is 83.0 Å². The van der Waals surface area contributed by atoms with Crippen molar-refractivity contribution in [3.05, 3.63) is 47.5 Å². The minimum absolute atomic E-state index is 0.0115. The Morgan fingerprint density at radius 2 is 1.85 bits per heavy atom. The highest BCUT2D eigenvalue weighted by molar-refractivity contribution is 6.22. The van der Waals surface area contributed by atoms with E-state index in [-0.39, 0.29) is 11.5 Å². The van der Waals surface area contributed by atoms with Gasteiger partial charge in [-0.1, -0.05) is 36.4 Å². The molecule has 68 valence electrons. The van der Waals surface area contributed by atoms with Gasteiger partial charge in [0.25, 0.3) is 0 Å². The van der Waals surface area contributed by atoms with E-state index in [1.165, 1.54) is 5.56 Å². The van der Waals surface area contributed by atoms with Gasteiger partial charge in [0.15, 0.2) is 0 Å². The predicted octanol–water partition coefficient (Wildman–Crippen LogP) is 3.22. The smallest absolute Gasteiger partial charge is 0.101 e. The SMILES string of the molecule is COC1C=CC(Cl)c2ccccc21. The molecule has 1 aliphatic carbocycles. The number of fused-ring (bicyclic) bond motifs is 1. The third kappa shape index (κ3) is 1.50. The van der Waals surface area contributed by atoms with Crippen molar-refractivity contribution in [2.24, 2.45) is 0 Å². The van der Waals surface area contributed by atoms with Crippen LogP contribution in [0.2, 0.25) is 0 Å². The van der Waals surface area contributed by atoms with Gasteiger partial charge in [-0.2, -0.15) is 0 Å². The van der Waals surface area contributed by atoms with Gasteiger partial charge in [-0.05, 0) is 11.1 Å². The first kappa shape index (κ1) is 8.79.